The van der Waals surface area contributed by atoms with Gasteiger partial charge in [0.2, 0.25) is 23.5 Å². The van der Waals surface area contributed by atoms with Crippen molar-refractivity contribution in [3.8, 4) is 11.6 Å². The standard InChI is InChI=1S/C36H52N6O7/c1-9-10-11-26(28(43)31(45)38-22-12-13-22)39-30(44)27-19-24(49-32-25-15-14-23(48-8)18-21(25)16-17-37-32)20-42(27)33(46)29(35(2,3)4)40-34(47)41-36(5,6)7/h14-18,22,24,26-27,29H,9-13,19-20H2,1-8H3,(H,38,45)(H,39,44)(H2,40,41,47)/t24-,26+,27?,29-/m1/s1. The number of aromatic nitrogens is 1. The summed E-state index contributed by atoms with van der Waals surface area (Å²) in [5, 5.41) is 12.8. The maximum Gasteiger partial charge on any atom is 0.315 e. The number of methoxy groups -OCH3 is 1. The van der Waals surface area contributed by atoms with E-state index in [0.29, 0.717) is 18.1 Å². The highest BCUT2D eigenvalue weighted by Gasteiger charge is 2.47. The van der Waals surface area contributed by atoms with Crippen molar-refractivity contribution in [1.29, 1.82) is 0 Å². The van der Waals surface area contributed by atoms with Crippen LogP contribution in [0.1, 0.15) is 87.0 Å². The quantitative estimate of drug-likeness (QED) is 0.233. The van der Waals surface area contributed by atoms with Gasteiger partial charge in [0, 0.05) is 29.6 Å². The second-order valence-corrected chi connectivity index (χ2v) is 15.1. The van der Waals surface area contributed by atoms with Gasteiger partial charge < -0.3 is 35.6 Å². The molecule has 1 unspecified atom stereocenters. The lowest BCUT2D eigenvalue weighted by Crippen LogP contribution is -2.61. The Morgan fingerprint density at radius 2 is 1.73 bits per heavy atom. The Kier molecular flexibility index (Phi) is 11.8. The van der Waals surface area contributed by atoms with Crippen LogP contribution in [0, 0.1) is 5.41 Å². The molecular weight excluding hydrogens is 628 g/mol. The molecule has 0 radical (unpaired) electrons. The first-order valence-corrected chi connectivity index (χ1v) is 17.1. The van der Waals surface area contributed by atoms with Crippen molar-refractivity contribution in [3.05, 3.63) is 30.5 Å². The van der Waals surface area contributed by atoms with Gasteiger partial charge in [-0.15, -0.1) is 0 Å². The number of amides is 5. The van der Waals surface area contributed by atoms with Crippen LogP contribution in [0.15, 0.2) is 30.5 Å². The smallest absolute Gasteiger partial charge is 0.315 e. The first-order valence-electron chi connectivity index (χ1n) is 17.1. The molecule has 4 N–H and O–H groups in total. The first kappa shape index (κ1) is 37.4. The number of fused-ring (bicyclic) bond motifs is 1. The molecular formula is C36H52N6O7. The van der Waals surface area contributed by atoms with Crippen molar-refractivity contribution in [1.82, 2.24) is 31.2 Å². The molecule has 1 aromatic heterocycles. The summed E-state index contributed by atoms with van der Waals surface area (Å²) in [4.78, 5) is 73.3. The SMILES string of the molecule is CCCC[C@H](NC(=O)C1C[C@@H](Oc2nccc3cc(OC)ccc23)CN1C(=O)[C@@H](NC(=O)NC(C)(C)C)C(C)(C)C)C(=O)C(=O)NC1CC1. The Bertz CT molecular complexity index is 1540. The molecule has 13 heteroatoms. The van der Waals surface area contributed by atoms with Crippen LogP contribution < -0.4 is 30.7 Å². The van der Waals surface area contributed by atoms with Crippen LogP contribution in [0.3, 0.4) is 0 Å². The number of nitrogens with zero attached hydrogens (tertiary/aromatic N) is 2. The minimum absolute atomic E-state index is 0.0130. The van der Waals surface area contributed by atoms with E-state index in [1.807, 2.05) is 66.7 Å². The van der Waals surface area contributed by atoms with Gasteiger partial charge in [-0.1, -0.05) is 40.5 Å². The topological polar surface area (TPSA) is 168 Å². The van der Waals surface area contributed by atoms with E-state index in [0.717, 1.165) is 30.0 Å². The molecule has 2 aliphatic rings. The van der Waals surface area contributed by atoms with Crippen molar-refractivity contribution < 1.29 is 33.4 Å². The number of ketones is 1. The van der Waals surface area contributed by atoms with Gasteiger partial charge >= 0.3 is 6.03 Å². The average molecular weight is 681 g/mol. The molecule has 1 saturated carbocycles. The summed E-state index contributed by atoms with van der Waals surface area (Å²) in [7, 11) is 1.58. The van der Waals surface area contributed by atoms with Gasteiger partial charge in [-0.05, 0) is 75.1 Å². The summed E-state index contributed by atoms with van der Waals surface area (Å²) >= 11 is 0. The van der Waals surface area contributed by atoms with Gasteiger partial charge in [0.1, 0.15) is 23.9 Å². The zero-order valence-electron chi connectivity index (χ0n) is 30.0. The third kappa shape index (κ3) is 10.1. The van der Waals surface area contributed by atoms with Crippen LogP contribution in [0.5, 0.6) is 11.6 Å². The highest BCUT2D eigenvalue weighted by Crippen LogP contribution is 2.32. The Morgan fingerprint density at radius 1 is 1.02 bits per heavy atom. The van der Waals surface area contributed by atoms with E-state index in [-0.39, 0.29) is 25.4 Å². The maximum absolute atomic E-state index is 14.4. The monoisotopic (exact) mass is 680 g/mol. The van der Waals surface area contributed by atoms with Crippen LogP contribution in [-0.2, 0) is 19.2 Å². The predicted molar refractivity (Wildman–Crippen MR) is 185 cm³/mol. The fourth-order valence-corrected chi connectivity index (χ4v) is 5.79. The number of carbonyl (C=O) groups excluding carboxylic acids is 5. The van der Waals surface area contributed by atoms with Crippen LogP contribution in [0.25, 0.3) is 10.8 Å². The first-order chi connectivity index (χ1) is 23.0. The number of pyridine rings is 1. The Balaban J connectivity index is 1.63. The summed E-state index contributed by atoms with van der Waals surface area (Å²) in [6.07, 6.45) is 4.36. The van der Waals surface area contributed by atoms with E-state index in [1.165, 1.54) is 4.90 Å². The molecule has 49 heavy (non-hydrogen) atoms. The number of benzene rings is 1. The van der Waals surface area contributed by atoms with E-state index in [4.69, 9.17) is 9.47 Å². The van der Waals surface area contributed by atoms with E-state index >= 15 is 0 Å². The van der Waals surface area contributed by atoms with E-state index in [1.54, 1.807) is 19.4 Å². The Labute approximate surface area is 288 Å². The van der Waals surface area contributed by atoms with E-state index in [2.05, 4.69) is 26.3 Å². The number of carbonyl (C=O) groups is 5. The van der Waals surface area contributed by atoms with Gasteiger partial charge in [0.05, 0.1) is 19.7 Å². The van der Waals surface area contributed by atoms with Crippen LogP contribution in [0.4, 0.5) is 4.79 Å². The van der Waals surface area contributed by atoms with Crippen molar-refractivity contribution in [2.75, 3.05) is 13.7 Å². The van der Waals surface area contributed by atoms with Crippen molar-refractivity contribution in [3.63, 3.8) is 0 Å². The molecule has 1 aromatic carbocycles. The lowest BCUT2D eigenvalue weighted by atomic mass is 9.85. The van der Waals surface area contributed by atoms with E-state index < -0.39 is 64.7 Å². The fraction of sp³-hybridized carbons (Fsp3) is 0.611. The van der Waals surface area contributed by atoms with Crippen molar-refractivity contribution in [2.45, 2.75) is 123 Å². The highest BCUT2D eigenvalue weighted by atomic mass is 16.5. The summed E-state index contributed by atoms with van der Waals surface area (Å²) in [5.74, 6) is -1.46. The fourth-order valence-electron chi connectivity index (χ4n) is 5.79. The summed E-state index contributed by atoms with van der Waals surface area (Å²) in [5.41, 5.74) is -1.28. The number of hydrogen-bond donors (Lipinski definition) is 4. The minimum atomic E-state index is -1.05. The van der Waals surface area contributed by atoms with Gasteiger partial charge in [0.15, 0.2) is 0 Å². The third-order valence-corrected chi connectivity index (χ3v) is 8.55. The largest absolute Gasteiger partial charge is 0.497 e. The van der Waals surface area contributed by atoms with Crippen molar-refractivity contribution in [2.24, 2.45) is 5.41 Å². The molecule has 2 heterocycles. The number of ether oxygens (including phenoxy) is 2. The zero-order chi connectivity index (χ0) is 36.1. The molecule has 0 spiro atoms. The predicted octanol–water partition coefficient (Wildman–Crippen LogP) is 3.63. The van der Waals surface area contributed by atoms with E-state index in [9.17, 15) is 24.0 Å². The minimum Gasteiger partial charge on any atom is -0.497 e. The van der Waals surface area contributed by atoms with Gasteiger partial charge in [-0.3, -0.25) is 19.2 Å². The molecule has 2 aromatic rings. The summed E-state index contributed by atoms with van der Waals surface area (Å²) in [6, 6.07) is 3.70. The van der Waals surface area contributed by atoms with Gasteiger partial charge in [-0.25, -0.2) is 9.78 Å². The molecule has 13 nitrogen and oxygen atoms in total. The number of Topliss-reactive ketones (excluding diaryl/α,β-unsaturated/α-hetero) is 1. The number of hydrogen-bond acceptors (Lipinski definition) is 8. The summed E-state index contributed by atoms with van der Waals surface area (Å²) < 4.78 is 11.7. The third-order valence-electron chi connectivity index (χ3n) is 8.55. The van der Waals surface area contributed by atoms with Gasteiger partial charge in [-0.2, -0.15) is 0 Å². The number of rotatable bonds is 13. The Hall–Kier alpha value is -4.42. The number of nitrogens with one attached hydrogen (secondary N) is 4. The summed E-state index contributed by atoms with van der Waals surface area (Å²) in [6.45, 7) is 13.0. The molecule has 0 bridgehead atoms. The molecule has 1 saturated heterocycles. The molecule has 4 atom stereocenters. The maximum atomic E-state index is 14.4. The lowest BCUT2D eigenvalue weighted by molar-refractivity contribution is -0.144. The lowest BCUT2D eigenvalue weighted by Gasteiger charge is -2.36. The normalized spacial score (nSPS) is 19.1. The average Bonchev–Trinajstić information content (AvgIpc) is 3.74. The number of likely N-dealkylation sites (tertiary alicyclic amines) is 1. The van der Waals surface area contributed by atoms with Crippen molar-refractivity contribution >= 4 is 40.3 Å². The molecule has 4 rings (SSSR count). The second kappa shape index (κ2) is 15.4. The molecule has 1 aliphatic carbocycles. The molecule has 268 valence electrons. The number of urea groups is 1. The van der Waals surface area contributed by atoms with Crippen LogP contribution in [0.2, 0.25) is 0 Å². The second-order valence-electron chi connectivity index (χ2n) is 15.1. The zero-order valence-corrected chi connectivity index (χ0v) is 30.0. The highest BCUT2D eigenvalue weighted by molar-refractivity contribution is 6.38. The Morgan fingerprint density at radius 3 is 2.35 bits per heavy atom. The molecule has 2 fully saturated rings. The number of unbranched alkanes of at least 4 members (excludes halogenated alkanes) is 1. The molecule has 1 aliphatic heterocycles. The van der Waals surface area contributed by atoms with Gasteiger partial charge in [0.25, 0.3) is 5.91 Å². The molecule has 5 amide bonds. The van der Waals surface area contributed by atoms with Crippen LogP contribution >= 0.6 is 0 Å². The van der Waals surface area contributed by atoms with Crippen LogP contribution in [-0.4, -0.2) is 88.9 Å².